The fourth-order valence-corrected chi connectivity index (χ4v) is 6.17. The van der Waals surface area contributed by atoms with Gasteiger partial charge in [0.15, 0.2) is 49.6 Å². The van der Waals surface area contributed by atoms with Crippen LogP contribution in [0.25, 0.3) is 45.0 Å². The van der Waals surface area contributed by atoms with Crippen LogP contribution >= 0.6 is 0 Å². The molecule has 0 aliphatic carbocycles. The Morgan fingerprint density at radius 3 is 0.755 bits per heavy atom. The molecule has 232 valence electrons. The van der Waals surface area contributed by atoms with Crippen LogP contribution in [-0.2, 0) is 6.42 Å². The highest BCUT2D eigenvalue weighted by molar-refractivity contribution is 5.62. The van der Waals surface area contributed by atoms with Gasteiger partial charge in [0.25, 0.3) is 0 Å². The normalized spacial score (nSPS) is 10.9. The van der Waals surface area contributed by atoms with Crippen LogP contribution in [0.15, 0.2) is 207 Å². The van der Waals surface area contributed by atoms with Crippen molar-refractivity contribution in [2.45, 2.75) is 6.42 Å². The summed E-state index contributed by atoms with van der Waals surface area (Å²) in [6.07, 6.45) is 17.9. The third kappa shape index (κ3) is 6.80. The Bertz CT molecular complexity index is 2100. The van der Waals surface area contributed by atoms with Crippen molar-refractivity contribution in [1.82, 2.24) is 0 Å². The Hall–Kier alpha value is -6.52. The standard InChI is InChI=1S/C45H36N4/c1-3-7-42(8-4-1)46-27-19-38(20-28-46)40-23-31-48(32-24-40)44-15-11-36(12-16-44)35-37-13-17-45(18-14-37)49-33-25-41(26-34-49)39-21-29-47(30-22-39)43-9-5-2-6-10-43/h1-34H,35H2/q+4. The van der Waals surface area contributed by atoms with Crippen molar-refractivity contribution >= 4 is 0 Å². The van der Waals surface area contributed by atoms with E-state index in [1.165, 1.54) is 33.4 Å². The first kappa shape index (κ1) is 29.9. The van der Waals surface area contributed by atoms with Crippen molar-refractivity contribution in [3.8, 4) is 45.0 Å². The molecule has 0 fully saturated rings. The molecule has 4 aromatic heterocycles. The fraction of sp³-hybridized carbons (Fsp3) is 0.0222. The molecule has 0 unspecified atom stereocenters. The van der Waals surface area contributed by atoms with Crippen LogP contribution in [0.4, 0.5) is 0 Å². The van der Waals surface area contributed by atoms with Gasteiger partial charge in [-0.25, -0.2) is 0 Å². The molecule has 4 nitrogen and oxygen atoms in total. The largest absolute Gasteiger partial charge is 0.210 e. The Balaban J connectivity index is 0.886. The van der Waals surface area contributed by atoms with Gasteiger partial charge in [-0.2, -0.15) is 18.3 Å². The lowest BCUT2D eigenvalue weighted by Gasteiger charge is -2.04. The third-order valence-corrected chi connectivity index (χ3v) is 8.97. The molecular formula is C45H36N4+4. The summed E-state index contributed by atoms with van der Waals surface area (Å²) in [5, 5.41) is 0. The molecule has 4 heteroatoms. The highest BCUT2D eigenvalue weighted by atomic mass is 14.9. The minimum atomic E-state index is 0.891. The topological polar surface area (TPSA) is 15.5 Å². The summed E-state index contributed by atoms with van der Waals surface area (Å²) in [6, 6.07) is 55.8. The number of rotatable bonds is 8. The van der Waals surface area contributed by atoms with Crippen molar-refractivity contribution < 1.29 is 18.3 Å². The average Bonchev–Trinajstić information content (AvgIpc) is 3.19. The lowest BCUT2D eigenvalue weighted by Crippen LogP contribution is -2.29. The molecule has 0 N–H and O–H groups in total. The Morgan fingerprint density at radius 2 is 0.490 bits per heavy atom. The molecule has 0 spiro atoms. The van der Waals surface area contributed by atoms with Gasteiger partial charge >= 0.3 is 0 Å². The summed E-state index contributed by atoms with van der Waals surface area (Å²) in [5.41, 5.74) is 12.0. The van der Waals surface area contributed by atoms with Gasteiger partial charge in [0.05, 0.1) is 0 Å². The second-order valence-electron chi connectivity index (χ2n) is 12.2. The first-order valence-electron chi connectivity index (χ1n) is 16.6. The molecule has 0 atom stereocenters. The fourth-order valence-electron chi connectivity index (χ4n) is 6.17. The van der Waals surface area contributed by atoms with Gasteiger partial charge in [-0.05, 0) is 39.8 Å². The predicted molar refractivity (Wildman–Crippen MR) is 193 cm³/mol. The highest BCUT2D eigenvalue weighted by Gasteiger charge is 2.12. The van der Waals surface area contributed by atoms with Crippen LogP contribution in [0.2, 0.25) is 0 Å². The Kier molecular flexibility index (Phi) is 8.34. The minimum absolute atomic E-state index is 0.891. The number of aromatic nitrogens is 4. The Morgan fingerprint density at radius 1 is 0.245 bits per heavy atom. The minimum Gasteiger partial charge on any atom is -0.167 e. The van der Waals surface area contributed by atoms with E-state index >= 15 is 0 Å². The quantitative estimate of drug-likeness (QED) is 0.153. The van der Waals surface area contributed by atoms with E-state index in [2.05, 4.69) is 213 Å². The zero-order valence-electron chi connectivity index (χ0n) is 27.1. The summed E-state index contributed by atoms with van der Waals surface area (Å²) in [5.74, 6) is 0. The first-order chi connectivity index (χ1) is 24.2. The van der Waals surface area contributed by atoms with Crippen molar-refractivity contribution in [2.75, 3.05) is 0 Å². The van der Waals surface area contributed by atoms with Gasteiger partial charge in [0, 0.05) is 97.1 Å². The lowest BCUT2D eigenvalue weighted by atomic mass is 10.0. The van der Waals surface area contributed by atoms with E-state index in [9.17, 15) is 0 Å². The second kappa shape index (κ2) is 13.7. The van der Waals surface area contributed by atoms with Crippen LogP contribution < -0.4 is 18.3 Å². The molecule has 0 amide bonds. The van der Waals surface area contributed by atoms with Crippen LogP contribution in [0.1, 0.15) is 11.1 Å². The van der Waals surface area contributed by atoms with E-state index in [0.717, 1.165) is 29.2 Å². The lowest BCUT2D eigenvalue weighted by molar-refractivity contribution is -0.596. The second-order valence-corrected chi connectivity index (χ2v) is 12.2. The molecule has 8 rings (SSSR count). The van der Waals surface area contributed by atoms with Crippen molar-refractivity contribution in [1.29, 1.82) is 0 Å². The molecule has 8 aromatic rings. The van der Waals surface area contributed by atoms with Crippen LogP contribution in [-0.4, -0.2) is 0 Å². The first-order valence-corrected chi connectivity index (χ1v) is 16.6. The van der Waals surface area contributed by atoms with Gasteiger partial charge in [-0.1, -0.05) is 60.7 Å². The van der Waals surface area contributed by atoms with Gasteiger partial charge < -0.3 is 0 Å². The zero-order chi connectivity index (χ0) is 32.8. The van der Waals surface area contributed by atoms with Crippen LogP contribution in [0, 0.1) is 0 Å². The van der Waals surface area contributed by atoms with E-state index in [0.29, 0.717) is 0 Å². The van der Waals surface area contributed by atoms with Crippen LogP contribution in [0.5, 0.6) is 0 Å². The van der Waals surface area contributed by atoms with Gasteiger partial charge in [0.2, 0.25) is 22.7 Å². The van der Waals surface area contributed by atoms with E-state index in [-0.39, 0.29) is 0 Å². The summed E-state index contributed by atoms with van der Waals surface area (Å²) in [7, 11) is 0. The molecule has 0 saturated heterocycles. The molecule has 4 heterocycles. The molecule has 0 radical (unpaired) electrons. The molecule has 0 aliphatic rings. The van der Waals surface area contributed by atoms with E-state index < -0.39 is 0 Å². The van der Waals surface area contributed by atoms with Crippen LogP contribution in [0.3, 0.4) is 0 Å². The molecular weight excluding hydrogens is 597 g/mol. The summed E-state index contributed by atoms with van der Waals surface area (Å²) in [4.78, 5) is 0. The highest BCUT2D eigenvalue weighted by Crippen LogP contribution is 2.19. The maximum Gasteiger partial charge on any atom is 0.210 e. The van der Waals surface area contributed by atoms with Crippen molar-refractivity contribution in [2.24, 2.45) is 0 Å². The van der Waals surface area contributed by atoms with Gasteiger partial charge in [-0.3, -0.25) is 0 Å². The number of benzene rings is 4. The molecule has 0 saturated carbocycles. The van der Waals surface area contributed by atoms with Crippen molar-refractivity contribution in [3.63, 3.8) is 0 Å². The van der Waals surface area contributed by atoms with Gasteiger partial charge in [-0.15, -0.1) is 0 Å². The Labute approximate surface area is 287 Å². The number of hydrogen-bond acceptors (Lipinski definition) is 0. The average molecular weight is 633 g/mol. The monoisotopic (exact) mass is 632 g/mol. The molecule has 0 aliphatic heterocycles. The van der Waals surface area contributed by atoms with E-state index in [4.69, 9.17) is 0 Å². The zero-order valence-corrected chi connectivity index (χ0v) is 27.1. The maximum atomic E-state index is 2.22. The molecule has 49 heavy (non-hydrogen) atoms. The predicted octanol–water partition coefficient (Wildman–Crippen LogP) is 7.72. The smallest absolute Gasteiger partial charge is 0.167 e. The number of nitrogens with zero attached hydrogens (tertiary/aromatic N) is 4. The molecule has 4 aromatic carbocycles. The summed E-state index contributed by atoms with van der Waals surface area (Å²) >= 11 is 0. The maximum absolute atomic E-state index is 2.22. The molecule has 0 bridgehead atoms. The SMILES string of the molecule is c1ccc(-[n+]2ccc(-c3cc[n+](-c4ccc(Cc5ccc(-[n+]6ccc(-c7cc[n+](-c8ccccc8)cc7)cc6)cc5)cc4)cc3)cc2)cc1. The summed E-state index contributed by atoms with van der Waals surface area (Å²) < 4.78 is 8.59. The van der Waals surface area contributed by atoms with Gasteiger partial charge in [0.1, 0.15) is 0 Å². The number of pyridine rings is 4. The van der Waals surface area contributed by atoms with E-state index in [1.54, 1.807) is 0 Å². The number of hydrogen-bond donors (Lipinski definition) is 0. The number of para-hydroxylation sites is 2. The van der Waals surface area contributed by atoms with E-state index in [1.807, 2.05) is 12.1 Å². The van der Waals surface area contributed by atoms with Crippen molar-refractivity contribution in [3.05, 3.63) is 218 Å². The summed E-state index contributed by atoms with van der Waals surface area (Å²) in [6.45, 7) is 0. The third-order valence-electron chi connectivity index (χ3n) is 8.97.